The van der Waals surface area contributed by atoms with Crippen molar-refractivity contribution >= 4 is 16.9 Å². The Labute approximate surface area is 178 Å². The van der Waals surface area contributed by atoms with Gasteiger partial charge in [-0.05, 0) is 29.8 Å². The third kappa shape index (κ3) is 3.07. The number of hydrogen-bond donors (Lipinski definition) is 1. The number of aryl methyl sites for hydroxylation is 1. The molecule has 5 rings (SSSR count). The molecule has 0 aliphatic carbocycles. The molecular formula is C23H21N5O3. The highest BCUT2D eigenvalue weighted by molar-refractivity contribution is 5.94. The number of nitrogens with one attached hydrogen (secondary N) is 1. The number of carbonyl (C=O) groups excluding carboxylic acids is 1. The first-order chi connectivity index (χ1) is 15.1. The van der Waals surface area contributed by atoms with Gasteiger partial charge >= 0.3 is 0 Å². The van der Waals surface area contributed by atoms with E-state index in [0.29, 0.717) is 24.0 Å². The average molecular weight is 415 g/mol. The van der Waals surface area contributed by atoms with Crippen LogP contribution in [0.4, 0.5) is 0 Å². The van der Waals surface area contributed by atoms with Crippen LogP contribution in [0.25, 0.3) is 11.0 Å². The van der Waals surface area contributed by atoms with Crippen LogP contribution in [0.2, 0.25) is 0 Å². The third-order valence-electron chi connectivity index (χ3n) is 5.80. The van der Waals surface area contributed by atoms with Gasteiger partial charge in [0.2, 0.25) is 0 Å². The van der Waals surface area contributed by atoms with E-state index in [4.69, 9.17) is 4.74 Å². The molecule has 1 amide bonds. The molecule has 2 aromatic carbocycles. The second-order valence-corrected chi connectivity index (χ2v) is 7.50. The minimum Gasteiger partial charge on any atom is -0.497 e. The summed E-state index contributed by atoms with van der Waals surface area (Å²) >= 11 is 0. The van der Waals surface area contributed by atoms with Crippen LogP contribution in [-0.2, 0) is 13.5 Å². The Kier molecular flexibility index (Phi) is 4.54. The zero-order valence-corrected chi connectivity index (χ0v) is 17.2. The van der Waals surface area contributed by atoms with Crippen LogP contribution in [0.1, 0.15) is 33.5 Å². The van der Waals surface area contributed by atoms with Gasteiger partial charge in [0.05, 0.1) is 30.2 Å². The van der Waals surface area contributed by atoms with Crippen LogP contribution in [0, 0.1) is 0 Å². The van der Waals surface area contributed by atoms with Crippen molar-refractivity contribution in [2.45, 2.75) is 12.5 Å². The second-order valence-electron chi connectivity index (χ2n) is 7.50. The van der Waals surface area contributed by atoms with Crippen LogP contribution in [0.5, 0.6) is 5.75 Å². The zero-order valence-electron chi connectivity index (χ0n) is 17.2. The average Bonchev–Trinajstić information content (AvgIpc) is 3.29. The van der Waals surface area contributed by atoms with E-state index in [0.717, 1.165) is 22.7 Å². The fourth-order valence-corrected chi connectivity index (χ4v) is 4.17. The molecule has 1 aliphatic heterocycles. The molecule has 0 bridgehead atoms. The van der Waals surface area contributed by atoms with Crippen molar-refractivity contribution < 1.29 is 9.53 Å². The Balaban J connectivity index is 1.63. The highest BCUT2D eigenvalue weighted by Gasteiger charge is 2.36. The number of benzene rings is 2. The Morgan fingerprint density at radius 2 is 1.94 bits per heavy atom. The van der Waals surface area contributed by atoms with Crippen molar-refractivity contribution in [1.82, 2.24) is 24.4 Å². The summed E-state index contributed by atoms with van der Waals surface area (Å²) in [7, 11) is 3.27. The van der Waals surface area contributed by atoms with Gasteiger partial charge in [0.25, 0.3) is 11.5 Å². The molecule has 1 atom stereocenters. The molecule has 3 heterocycles. The summed E-state index contributed by atoms with van der Waals surface area (Å²) in [6.07, 6.45) is 2.27. The molecule has 0 radical (unpaired) electrons. The molecular weight excluding hydrogens is 394 g/mol. The molecule has 1 N–H and O–H groups in total. The molecule has 4 aromatic rings. The van der Waals surface area contributed by atoms with Gasteiger partial charge < -0.3 is 19.2 Å². The van der Waals surface area contributed by atoms with E-state index in [-0.39, 0.29) is 5.69 Å². The lowest BCUT2D eigenvalue weighted by Gasteiger charge is -2.35. The van der Waals surface area contributed by atoms with Crippen molar-refractivity contribution in [3.05, 3.63) is 87.9 Å². The minimum atomic E-state index is -0.425. The van der Waals surface area contributed by atoms with Crippen LogP contribution < -0.4 is 10.3 Å². The standard InChI is InChI=1S/C23H21N5O3/c1-27-18-6-4-3-5-16(18)26-20(22(27)29)23(30)28-12-11-17-19(25-13-24-17)21(28)14-7-9-15(31-2)10-8-14/h3-10,13,21H,11-12H2,1-2H3,(H,24,25). The lowest BCUT2D eigenvalue weighted by Crippen LogP contribution is -2.43. The Morgan fingerprint density at radius 1 is 1.16 bits per heavy atom. The summed E-state index contributed by atoms with van der Waals surface area (Å²) in [5.41, 5.74) is 3.45. The number of rotatable bonds is 3. The molecule has 156 valence electrons. The maximum absolute atomic E-state index is 13.6. The molecule has 0 saturated heterocycles. The first kappa shape index (κ1) is 19.0. The maximum Gasteiger partial charge on any atom is 0.282 e. The summed E-state index contributed by atoms with van der Waals surface area (Å²) < 4.78 is 6.74. The highest BCUT2D eigenvalue weighted by Crippen LogP contribution is 2.34. The maximum atomic E-state index is 13.6. The smallest absolute Gasteiger partial charge is 0.282 e. The first-order valence-electron chi connectivity index (χ1n) is 10.0. The molecule has 2 aromatic heterocycles. The minimum absolute atomic E-state index is 0.0845. The van der Waals surface area contributed by atoms with Crippen molar-refractivity contribution in [3.63, 3.8) is 0 Å². The molecule has 8 nitrogen and oxygen atoms in total. The van der Waals surface area contributed by atoms with Crippen molar-refractivity contribution in [2.24, 2.45) is 7.05 Å². The van der Waals surface area contributed by atoms with Gasteiger partial charge in [0.15, 0.2) is 5.69 Å². The Hall–Kier alpha value is -3.94. The lowest BCUT2D eigenvalue weighted by atomic mass is 9.95. The number of imidazole rings is 1. The normalized spacial score (nSPS) is 15.7. The van der Waals surface area contributed by atoms with E-state index >= 15 is 0 Å². The Bertz CT molecular complexity index is 1340. The number of nitrogens with zero attached hydrogens (tertiary/aromatic N) is 4. The predicted octanol–water partition coefficient (Wildman–Crippen LogP) is 2.45. The highest BCUT2D eigenvalue weighted by atomic mass is 16.5. The predicted molar refractivity (Wildman–Crippen MR) is 115 cm³/mol. The number of para-hydroxylation sites is 2. The molecule has 0 saturated carbocycles. The quantitative estimate of drug-likeness (QED) is 0.555. The van der Waals surface area contributed by atoms with Gasteiger partial charge in [-0.15, -0.1) is 0 Å². The van der Waals surface area contributed by atoms with Crippen LogP contribution >= 0.6 is 0 Å². The monoisotopic (exact) mass is 415 g/mol. The zero-order chi connectivity index (χ0) is 21.5. The van der Waals surface area contributed by atoms with Crippen molar-refractivity contribution in [1.29, 1.82) is 0 Å². The van der Waals surface area contributed by atoms with Crippen LogP contribution in [-0.4, -0.2) is 44.0 Å². The van der Waals surface area contributed by atoms with Gasteiger partial charge in [0, 0.05) is 25.7 Å². The largest absolute Gasteiger partial charge is 0.497 e. The van der Waals surface area contributed by atoms with Gasteiger partial charge in [-0.2, -0.15) is 0 Å². The Morgan fingerprint density at radius 3 is 2.71 bits per heavy atom. The molecule has 31 heavy (non-hydrogen) atoms. The van der Waals surface area contributed by atoms with E-state index in [1.54, 1.807) is 31.5 Å². The number of fused-ring (bicyclic) bond motifs is 2. The third-order valence-corrected chi connectivity index (χ3v) is 5.80. The summed E-state index contributed by atoms with van der Waals surface area (Å²) in [6, 6.07) is 14.4. The number of amides is 1. The van der Waals surface area contributed by atoms with Gasteiger partial charge in [0.1, 0.15) is 11.8 Å². The van der Waals surface area contributed by atoms with Crippen LogP contribution in [0.3, 0.4) is 0 Å². The summed E-state index contributed by atoms with van der Waals surface area (Å²) in [4.78, 5) is 40.4. The number of H-pyrrole nitrogens is 1. The fraction of sp³-hybridized carbons (Fsp3) is 0.217. The van der Waals surface area contributed by atoms with E-state index in [2.05, 4.69) is 15.0 Å². The number of aromatic amines is 1. The molecule has 8 heteroatoms. The van der Waals surface area contributed by atoms with E-state index < -0.39 is 17.5 Å². The fourth-order valence-electron chi connectivity index (χ4n) is 4.17. The van der Waals surface area contributed by atoms with E-state index in [9.17, 15) is 9.59 Å². The summed E-state index contributed by atoms with van der Waals surface area (Å²) in [6.45, 7) is 0.447. The van der Waals surface area contributed by atoms with Crippen molar-refractivity contribution in [3.8, 4) is 5.75 Å². The van der Waals surface area contributed by atoms with Crippen molar-refractivity contribution in [2.75, 3.05) is 13.7 Å². The van der Waals surface area contributed by atoms with Gasteiger partial charge in [-0.25, -0.2) is 9.97 Å². The summed E-state index contributed by atoms with van der Waals surface area (Å²) in [5, 5.41) is 0. The second kappa shape index (κ2) is 7.39. The molecule has 1 aliphatic rings. The number of methoxy groups -OCH3 is 1. The lowest BCUT2D eigenvalue weighted by molar-refractivity contribution is 0.0682. The first-order valence-corrected chi connectivity index (χ1v) is 10.0. The van der Waals surface area contributed by atoms with Gasteiger partial charge in [-0.3, -0.25) is 9.59 Å². The number of carbonyl (C=O) groups is 1. The molecule has 1 unspecified atom stereocenters. The number of aromatic nitrogens is 4. The van der Waals surface area contributed by atoms with Crippen LogP contribution in [0.15, 0.2) is 59.7 Å². The number of ether oxygens (including phenoxy) is 1. The topological polar surface area (TPSA) is 93.1 Å². The van der Waals surface area contributed by atoms with E-state index in [1.807, 2.05) is 42.5 Å². The van der Waals surface area contributed by atoms with Gasteiger partial charge in [-0.1, -0.05) is 24.3 Å². The van der Waals surface area contributed by atoms with E-state index in [1.165, 1.54) is 4.57 Å². The number of hydrogen-bond acceptors (Lipinski definition) is 5. The molecule has 0 spiro atoms. The molecule has 0 fully saturated rings. The summed E-state index contributed by atoms with van der Waals surface area (Å²) in [5.74, 6) is 0.325. The SMILES string of the molecule is COc1ccc(C2c3nc[nH]c3CCN2C(=O)c2nc3ccccc3n(C)c2=O)cc1.